The Hall–Kier alpha value is -3.11. The van der Waals surface area contributed by atoms with Crippen LogP contribution in [-0.2, 0) is 0 Å². The molecule has 1 atom stereocenters. The fourth-order valence-corrected chi connectivity index (χ4v) is 3.07. The van der Waals surface area contributed by atoms with Crippen LogP contribution in [0.4, 0.5) is 5.69 Å². The third-order valence-electron chi connectivity index (χ3n) is 3.70. The van der Waals surface area contributed by atoms with Crippen LogP contribution in [0.2, 0.25) is 0 Å². The molecule has 122 valence electrons. The third kappa shape index (κ3) is 3.12. The van der Waals surface area contributed by atoms with Gasteiger partial charge in [-0.3, -0.25) is 19.4 Å². The van der Waals surface area contributed by atoms with E-state index < -0.39 is 16.8 Å². The molecule has 0 saturated carbocycles. The molecule has 0 N–H and O–H groups in total. The van der Waals surface area contributed by atoms with E-state index in [0.717, 1.165) is 0 Å². The molecule has 0 spiro atoms. The van der Waals surface area contributed by atoms with Gasteiger partial charge in [0, 0.05) is 11.8 Å². The standard InChI is InChI=1S/C18H11N3O3S/c1-10(22)11-4-6-12(7-5-11)21-15-16(23)13-3-2-8-20-14(13)17(24)18(15)25-9-19/h2-8,18H,1H3. The maximum absolute atomic E-state index is 12.7. The van der Waals surface area contributed by atoms with E-state index >= 15 is 0 Å². The largest absolute Gasteiger partial charge is 0.295 e. The molecule has 1 unspecified atom stereocenters. The molecule has 7 heteroatoms. The van der Waals surface area contributed by atoms with Crippen LogP contribution in [0, 0.1) is 10.7 Å². The quantitative estimate of drug-likeness (QED) is 0.624. The van der Waals surface area contributed by atoms with Gasteiger partial charge < -0.3 is 0 Å². The van der Waals surface area contributed by atoms with Gasteiger partial charge in [-0.2, -0.15) is 5.26 Å². The lowest BCUT2D eigenvalue weighted by molar-refractivity contribution is 0.0965. The summed E-state index contributed by atoms with van der Waals surface area (Å²) in [5, 5.41) is 9.82. The Labute approximate surface area is 147 Å². The number of pyridine rings is 1. The smallest absolute Gasteiger partial charge is 0.211 e. The first-order valence-corrected chi connectivity index (χ1v) is 8.19. The van der Waals surface area contributed by atoms with Gasteiger partial charge in [0.1, 0.15) is 22.1 Å². The number of aliphatic imine (C=N–C) groups is 1. The van der Waals surface area contributed by atoms with Crippen LogP contribution < -0.4 is 0 Å². The van der Waals surface area contributed by atoms with Gasteiger partial charge in [-0.05, 0) is 55.1 Å². The average molecular weight is 349 g/mol. The van der Waals surface area contributed by atoms with Gasteiger partial charge in [0.05, 0.1) is 11.3 Å². The second-order valence-electron chi connectivity index (χ2n) is 5.28. The number of hydrogen-bond donors (Lipinski definition) is 0. The van der Waals surface area contributed by atoms with E-state index in [9.17, 15) is 14.4 Å². The maximum Gasteiger partial charge on any atom is 0.211 e. The van der Waals surface area contributed by atoms with Crippen molar-refractivity contribution in [3.8, 4) is 5.40 Å². The topological polar surface area (TPSA) is 100 Å². The van der Waals surface area contributed by atoms with Gasteiger partial charge in [-0.1, -0.05) is 0 Å². The number of nitrogens with zero attached hydrogens (tertiary/aromatic N) is 3. The molecule has 0 radical (unpaired) electrons. The monoisotopic (exact) mass is 349 g/mol. The number of thioether (sulfide) groups is 1. The molecule has 1 aromatic carbocycles. The Bertz CT molecular complexity index is 958. The molecule has 1 heterocycles. The molecule has 1 aliphatic carbocycles. The van der Waals surface area contributed by atoms with Crippen molar-refractivity contribution in [3.63, 3.8) is 0 Å². The van der Waals surface area contributed by atoms with Crippen molar-refractivity contribution in [2.45, 2.75) is 12.2 Å². The average Bonchev–Trinajstić information content (AvgIpc) is 2.63. The van der Waals surface area contributed by atoms with Gasteiger partial charge in [0.25, 0.3) is 0 Å². The predicted molar refractivity (Wildman–Crippen MR) is 93.4 cm³/mol. The Morgan fingerprint density at radius 2 is 1.96 bits per heavy atom. The fourth-order valence-electron chi connectivity index (χ4n) is 2.47. The highest BCUT2D eigenvalue weighted by Crippen LogP contribution is 2.28. The van der Waals surface area contributed by atoms with E-state index in [1.54, 1.807) is 30.3 Å². The highest BCUT2D eigenvalue weighted by molar-refractivity contribution is 8.05. The number of carbonyl (C=O) groups is 3. The Kier molecular flexibility index (Phi) is 4.55. The summed E-state index contributed by atoms with van der Waals surface area (Å²) in [6.45, 7) is 1.45. The molecule has 0 aliphatic heterocycles. The first-order chi connectivity index (χ1) is 12.0. The summed E-state index contributed by atoms with van der Waals surface area (Å²) in [5.74, 6) is -0.923. The lowest BCUT2D eigenvalue weighted by atomic mass is 9.91. The number of fused-ring (bicyclic) bond motifs is 1. The molecular weight excluding hydrogens is 338 g/mol. The van der Waals surface area contributed by atoms with Crippen molar-refractivity contribution in [2.24, 2.45) is 4.99 Å². The summed E-state index contributed by atoms with van der Waals surface area (Å²) in [5.41, 5.74) is 1.18. The number of hydrogen-bond acceptors (Lipinski definition) is 7. The molecule has 0 fully saturated rings. The van der Waals surface area contributed by atoms with Crippen LogP contribution in [0.15, 0.2) is 47.6 Å². The van der Waals surface area contributed by atoms with E-state index in [1.165, 1.54) is 19.2 Å². The van der Waals surface area contributed by atoms with Crippen LogP contribution in [0.1, 0.15) is 38.1 Å². The van der Waals surface area contributed by atoms with E-state index in [4.69, 9.17) is 5.26 Å². The van der Waals surface area contributed by atoms with E-state index in [-0.39, 0.29) is 22.8 Å². The number of carbonyl (C=O) groups excluding carboxylic acids is 3. The van der Waals surface area contributed by atoms with Crippen molar-refractivity contribution in [3.05, 3.63) is 59.4 Å². The second-order valence-corrected chi connectivity index (χ2v) is 6.17. The minimum absolute atomic E-state index is 0.00683. The van der Waals surface area contributed by atoms with Crippen molar-refractivity contribution in [1.29, 1.82) is 5.26 Å². The van der Waals surface area contributed by atoms with E-state index in [2.05, 4.69) is 9.98 Å². The summed E-state index contributed by atoms with van der Waals surface area (Å²) in [4.78, 5) is 44.9. The summed E-state index contributed by atoms with van der Waals surface area (Å²) >= 11 is 0.673. The zero-order valence-corrected chi connectivity index (χ0v) is 13.9. The maximum atomic E-state index is 12.7. The normalized spacial score (nSPS) is 17.9. The number of benzene rings is 1. The number of ketones is 3. The Morgan fingerprint density at radius 3 is 2.60 bits per heavy atom. The van der Waals surface area contributed by atoms with E-state index in [0.29, 0.717) is 23.0 Å². The third-order valence-corrected chi connectivity index (χ3v) is 4.48. The van der Waals surface area contributed by atoms with Crippen LogP contribution in [0.25, 0.3) is 0 Å². The Morgan fingerprint density at radius 1 is 1.24 bits per heavy atom. The molecule has 1 aliphatic rings. The molecule has 0 bridgehead atoms. The molecule has 0 saturated heterocycles. The second kappa shape index (κ2) is 6.79. The first kappa shape index (κ1) is 16.7. The van der Waals surface area contributed by atoms with Crippen molar-refractivity contribution in [2.75, 3.05) is 0 Å². The summed E-state index contributed by atoms with van der Waals surface area (Å²) in [6.07, 6.45) is 1.43. The van der Waals surface area contributed by atoms with Crippen LogP contribution in [-0.4, -0.2) is 33.3 Å². The minimum atomic E-state index is -1.02. The number of thiocyanates is 1. The van der Waals surface area contributed by atoms with E-state index in [1.807, 2.05) is 5.40 Å². The minimum Gasteiger partial charge on any atom is -0.295 e. The summed E-state index contributed by atoms with van der Waals surface area (Å²) < 4.78 is 0. The molecule has 3 rings (SSSR count). The number of Topliss-reactive ketones (excluding diaryl/α,β-unsaturated/α-hetero) is 3. The van der Waals surface area contributed by atoms with Gasteiger partial charge in [0.15, 0.2) is 5.78 Å². The Balaban J connectivity index is 2.09. The zero-order chi connectivity index (χ0) is 18.0. The van der Waals surface area contributed by atoms with Gasteiger partial charge in [-0.15, -0.1) is 0 Å². The van der Waals surface area contributed by atoms with Crippen LogP contribution in [0.5, 0.6) is 0 Å². The number of rotatable bonds is 3. The SMILES string of the molecule is CC(=O)c1ccc(N=C2C(=O)c3cccnc3C(=O)C2SC#N)cc1. The lowest BCUT2D eigenvalue weighted by Gasteiger charge is -2.20. The lowest BCUT2D eigenvalue weighted by Crippen LogP contribution is -2.39. The van der Waals surface area contributed by atoms with Crippen molar-refractivity contribution < 1.29 is 14.4 Å². The molecule has 0 amide bonds. The first-order valence-electron chi connectivity index (χ1n) is 7.31. The number of aromatic nitrogens is 1. The van der Waals surface area contributed by atoms with Crippen molar-refractivity contribution in [1.82, 2.24) is 4.98 Å². The summed E-state index contributed by atoms with van der Waals surface area (Å²) in [7, 11) is 0. The summed E-state index contributed by atoms with van der Waals surface area (Å²) in [6, 6.07) is 9.46. The molecular formula is C18H11N3O3S. The number of nitriles is 1. The molecule has 2 aromatic rings. The van der Waals surface area contributed by atoms with Crippen LogP contribution in [0.3, 0.4) is 0 Å². The van der Waals surface area contributed by atoms with Gasteiger partial charge >= 0.3 is 0 Å². The van der Waals surface area contributed by atoms with Gasteiger partial charge in [0.2, 0.25) is 11.6 Å². The fraction of sp³-hybridized carbons (Fsp3) is 0.111. The van der Waals surface area contributed by atoms with Gasteiger partial charge in [-0.25, -0.2) is 4.99 Å². The zero-order valence-electron chi connectivity index (χ0n) is 13.1. The van der Waals surface area contributed by atoms with Crippen LogP contribution >= 0.6 is 11.8 Å². The predicted octanol–water partition coefficient (Wildman–Crippen LogP) is 3.02. The highest BCUT2D eigenvalue weighted by atomic mass is 32.2. The van der Waals surface area contributed by atoms with Crippen molar-refractivity contribution >= 4 is 40.5 Å². The molecule has 1 aromatic heterocycles. The molecule has 6 nitrogen and oxygen atoms in total. The molecule has 25 heavy (non-hydrogen) atoms. The highest BCUT2D eigenvalue weighted by Gasteiger charge is 2.40.